The molecule has 1 N–H and O–H groups in total. The van der Waals surface area contributed by atoms with Crippen molar-refractivity contribution >= 4 is 21.6 Å². The van der Waals surface area contributed by atoms with E-state index in [-0.39, 0.29) is 28.5 Å². The van der Waals surface area contributed by atoms with E-state index >= 15 is 0 Å². The summed E-state index contributed by atoms with van der Waals surface area (Å²) in [4.78, 5) is 13.5. The predicted octanol–water partition coefficient (Wildman–Crippen LogP) is 6.02. The van der Waals surface area contributed by atoms with Gasteiger partial charge in [0.1, 0.15) is 5.82 Å². The molecule has 5 nitrogen and oxygen atoms in total. The first-order valence-corrected chi connectivity index (χ1v) is 13.0. The van der Waals surface area contributed by atoms with Crippen molar-refractivity contribution in [1.82, 2.24) is 5.32 Å². The number of rotatable bonds is 8. The van der Waals surface area contributed by atoms with Gasteiger partial charge in [0, 0.05) is 0 Å². The van der Waals surface area contributed by atoms with Crippen LogP contribution in [-0.4, -0.2) is 14.3 Å². The lowest BCUT2D eigenvalue weighted by Crippen LogP contribution is -2.34. The van der Waals surface area contributed by atoms with Crippen LogP contribution in [0, 0.1) is 12.7 Å². The molecule has 0 aliphatic heterocycles. The van der Waals surface area contributed by atoms with Crippen LogP contribution in [-0.2, 0) is 16.6 Å². The Labute approximate surface area is 211 Å². The lowest BCUT2D eigenvalue weighted by molar-refractivity contribution is 0.0940. The third-order valence-corrected chi connectivity index (χ3v) is 7.69. The summed E-state index contributed by atoms with van der Waals surface area (Å²) in [5.74, 6) is -0.792. The number of aryl methyl sites for hydroxylation is 1. The van der Waals surface area contributed by atoms with Gasteiger partial charge < -0.3 is 5.32 Å². The van der Waals surface area contributed by atoms with E-state index in [0.29, 0.717) is 0 Å². The maximum atomic E-state index is 13.9. The highest BCUT2D eigenvalue weighted by Crippen LogP contribution is 2.30. The molecule has 1 amide bonds. The van der Waals surface area contributed by atoms with Crippen molar-refractivity contribution in [2.45, 2.75) is 31.3 Å². The standard InChI is InChI=1S/C29H27FN2O3S/c1-21-12-18-26(19-13-21)36(34,35)32(20-23-8-4-3-5-9-23)28-11-7-6-10-27(28)29(33)31-22(2)24-14-16-25(30)17-15-24/h3-19,22H,20H2,1-2H3,(H,31,33)/t22-/m0/s1. The number of anilines is 1. The summed E-state index contributed by atoms with van der Waals surface area (Å²) in [6.45, 7) is 3.73. The largest absolute Gasteiger partial charge is 0.345 e. The number of halogens is 1. The summed E-state index contributed by atoms with van der Waals surface area (Å²) in [5.41, 5.74) is 2.95. The van der Waals surface area contributed by atoms with E-state index in [1.54, 1.807) is 67.6 Å². The molecule has 184 valence electrons. The summed E-state index contributed by atoms with van der Waals surface area (Å²) < 4.78 is 42.3. The first-order valence-electron chi connectivity index (χ1n) is 11.5. The molecule has 0 spiro atoms. The molecule has 0 aliphatic carbocycles. The molecule has 4 aromatic carbocycles. The number of para-hydroxylation sites is 1. The van der Waals surface area contributed by atoms with Crippen LogP contribution < -0.4 is 9.62 Å². The molecule has 0 saturated heterocycles. The molecule has 0 unspecified atom stereocenters. The van der Waals surface area contributed by atoms with E-state index < -0.39 is 22.0 Å². The van der Waals surface area contributed by atoms with Gasteiger partial charge in [0.15, 0.2) is 0 Å². The molecule has 4 aromatic rings. The van der Waals surface area contributed by atoms with E-state index in [0.717, 1.165) is 16.7 Å². The lowest BCUT2D eigenvalue weighted by Gasteiger charge is -2.27. The number of hydrogen-bond donors (Lipinski definition) is 1. The molecule has 0 bridgehead atoms. The van der Waals surface area contributed by atoms with Crippen LogP contribution >= 0.6 is 0 Å². The zero-order valence-corrected chi connectivity index (χ0v) is 20.9. The number of nitrogens with zero attached hydrogens (tertiary/aromatic N) is 1. The molecule has 0 fully saturated rings. The first-order chi connectivity index (χ1) is 17.3. The number of hydrogen-bond acceptors (Lipinski definition) is 3. The average molecular weight is 503 g/mol. The summed E-state index contributed by atoms with van der Waals surface area (Å²) >= 11 is 0. The third-order valence-electron chi connectivity index (χ3n) is 5.91. The van der Waals surface area contributed by atoms with Gasteiger partial charge in [-0.15, -0.1) is 0 Å². The van der Waals surface area contributed by atoms with E-state index in [1.807, 2.05) is 37.3 Å². The number of amides is 1. The van der Waals surface area contributed by atoms with Crippen LogP contribution in [0.5, 0.6) is 0 Å². The minimum atomic E-state index is -4.00. The van der Waals surface area contributed by atoms with Crippen molar-refractivity contribution in [3.05, 3.63) is 131 Å². The molecule has 4 rings (SSSR count). The van der Waals surface area contributed by atoms with Gasteiger partial charge in [0.05, 0.1) is 28.7 Å². The van der Waals surface area contributed by atoms with Crippen LogP contribution in [0.1, 0.15) is 40.0 Å². The Morgan fingerprint density at radius 2 is 1.47 bits per heavy atom. The monoisotopic (exact) mass is 502 g/mol. The molecule has 1 atom stereocenters. The zero-order chi connectivity index (χ0) is 25.7. The average Bonchev–Trinajstić information content (AvgIpc) is 2.88. The topological polar surface area (TPSA) is 66.5 Å². The van der Waals surface area contributed by atoms with E-state index in [9.17, 15) is 17.6 Å². The quantitative estimate of drug-likeness (QED) is 0.320. The Morgan fingerprint density at radius 3 is 2.14 bits per heavy atom. The highest BCUT2D eigenvalue weighted by molar-refractivity contribution is 7.92. The molecule has 0 heterocycles. The minimum absolute atomic E-state index is 0.0505. The fourth-order valence-electron chi connectivity index (χ4n) is 3.88. The highest BCUT2D eigenvalue weighted by atomic mass is 32.2. The van der Waals surface area contributed by atoms with Crippen LogP contribution in [0.4, 0.5) is 10.1 Å². The number of benzene rings is 4. The van der Waals surface area contributed by atoms with E-state index in [1.165, 1.54) is 16.4 Å². The summed E-state index contributed by atoms with van der Waals surface area (Å²) in [5, 5.41) is 2.91. The van der Waals surface area contributed by atoms with Gasteiger partial charge in [-0.3, -0.25) is 9.10 Å². The van der Waals surface area contributed by atoms with Gasteiger partial charge >= 0.3 is 0 Å². The highest BCUT2D eigenvalue weighted by Gasteiger charge is 2.29. The van der Waals surface area contributed by atoms with Crippen LogP contribution in [0.25, 0.3) is 0 Å². The molecule has 36 heavy (non-hydrogen) atoms. The second-order valence-electron chi connectivity index (χ2n) is 8.57. The number of carbonyl (C=O) groups excluding carboxylic acids is 1. The van der Waals surface area contributed by atoms with Gasteiger partial charge in [-0.1, -0.05) is 72.3 Å². The summed E-state index contributed by atoms with van der Waals surface area (Å²) in [7, 11) is -4.00. The SMILES string of the molecule is Cc1ccc(S(=O)(=O)N(Cc2ccccc2)c2ccccc2C(=O)N[C@@H](C)c2ccc(F)cc2)cc1. The molecule has 0 aliphatic rings. The van der Waals surface area contributed by atoms with Gasteiger partial charge in [-0.2, -0.15) is 0 Å². The van der Waals surface area contributed by atoms with Crippen molar-refractivity contribution in [1.29, 1.82) is 0 Å². The second kappa shape index (κ2) is 10.7. The van der Waals surface area contributed by atoms with Crippen molar-refractivity contribution in [2.75, 3.05) is 4.31 Å². The van der Waals surface area contributed by atoms with E-state index in [2.05, 4.69) is 5.32 Å². The second-order valence-corrected chi connectivity index (χ2v) is 10.4. The third kappa shape index (κ3) is 5.63. The normalized spacial score (nSPS) is 12.1. The maximum Gasteiger partial charge on any atom is 0.264 e. The summed E-state index contributed by atoms with van der Waals surface area (Å²) in [6, 6.07) is 28.0. The Bertz CT molecular complexity index is 1440. The molecular weight excluding hydrogens is 475 g/mol. The Balaban J connectivity index is 1.74. The molecule has 0 radical (unpaired) electrons. The molecular formula is C29H27FN2O3S. The first kappa shape index (κ1) is 25.1. The zero-order valence-electron chi connectivity index (χ0n) is 20.1. The smallest absolute Gasteiger partial charge is 0.264 e. The van der Waals surface area contributed by atoms with Crippen LogP contribution in [0.15, 0.2) is 108 Å². The van der Waals surface area contributed by atoms with Crippen molar-refractivity contribution in [3.8, 4) is 0 Å². The number of carbonyl (C=O) groups is 1. The maximum absolute atomic E-state index is 13.9. The fraction of sp³-hybridized carbons (Fsp3) is 0.138. The van der Waals surface area contributed by atoms with Crippen molar-refractivity contribution in [2.24, 2.45) is 0 Å². The lowest BCUT2D eigenvalue weighted by atomic mass is 10.1. The molecule has 0 aromatic heterocycles. The van der Waals surface area contributed by atoms with Crippen molar-refractivity contribution < 1.29 is 17.6 Å². The van der Waals surface area contributed by atoms with Gasteiger partial charge in [-0.25, -0.2) is 12.8 Å². The minimum Gasteiger partial charge on any atom is -0.345 e. The van der Waals surface area contributed by atoms with Gasteiger partial charge in [0.2, 0.25) is 0 Å². The Hall–Kier alpha value is -3.97. The Kier molecular flexibility index (Phi) is 7.50. The van der Waals surface area contributed by atoms with Crippen LogP contribution in [0.2, 0.25) is 0 Å². The molecule has 7 heteroatoms. The van der Waals surface area contributed by atoms with Gasteiger partial charge in [-0.05, 0) is 61.4 Å². The predicted molar refractivity (Wildman–Crippen MR) is 140 cm³/mol. The van der Waals surface area contributed by atoms with E-state index in [4.69, 9.17) is 0 Å². The Morgan fingerprint density at radius 1 is 0.861 bits per heavy atom. The van der Waals surface area contributed by atoms with Gasteiger partial charge in [0.25, 0.3) is 15.9 Å². The van der Waals surface area contributed by atoms with Crippen LogP contribution in [0.3, 0.4) is 0 Å². The number of nitrogens with one attached hydrogen (secondary N) is 1. The number of sulfonamides is 1. The van der Waals surface area contributed by atoms with Crippen molar-refractivity contribution in [3.63, 3.8) is 0 Å². The molecule has 0 saturated carbocycles. The fourth-order valence-corrected chi connectivity index (χ4v) is 5.35. The summed E-state index contributed by atoms with van der Waals surface area (Å²) in [6.07, 6.45) is 0.